The number of benzene rings is 1. The number of hydrogen-bond donors (Lipinski definition) is 1. The fraction of sp³-hybridized carbons (Fsp3) is 0.462. The van der Waals surface area contributed by atoms with Crippen LogP contribution in [0.1, 0.15) is 26.3 Å². The van der Waals surface area contributed by atoms with Crippen LogP contribution in [-0.4, -0.2) is 18.1 Å². The largest absolute Gasteiger partial charge is 0.489 e. The number of hydrogen-bond acceptors (Lipinski definition) is 4. The van der Waals surface area contributed by atoms with Crippen molar-refractivity contribution >= 4 is 17.6 Å². The molecule has 0 radical (unpaired) electrons. The molecule has 0 amide bonds. The van der Waals surface area contributed by atoms with Crippen molar-refractivity contribution in [2.45, 2.75) is 39.5 Å². The van der Waals surface area contributed by atoms with Gasteiger partial charge < -0.3 is 15.2 Å². The Morgan fingerprint density at radius 3 is 2.56 bits per heavy atom. The first kappa shape index (κ1) is 14.8. The van der Waals surface area contributed by atoms with Crippen molar-refractivity contribution in [3.63, 3.8) is 0 Å². The molecule has 1 aromatic rings. The smallest absolute Gasteiger partial charge is 0.322 e. The summed E-state index contributed by atoms with van der Waals surface area (Å²) in [5, 5.41) is 0.498. The van der Waals surface area contributed by atoms with Gasteiger partial charge in [-0.15, -0.1) is 0 Å². The first-order valence-electron chi connectivity index (χ1n) is 5.77. The molecule has 5 heteroatoms. The monoisotopic (exact) mass is 271 g/mol. The highest BCUT2D eigenvalue weighted by molar-refractivity contribution is 6.32. The lowest BCUT2D eigenvalue weighted by atomic mass is 10.2. The zero-order valence-corrected chi connectivity index (χ0v) is 11.5. The maximum absolute atomic E-state index is 11.2. The molecule has 0 heterocycles. The van der Waals surface area contributed by atoms with Crippen molar-refractivity contribution in [3.05, 3.63) is 28.8 Å². The highest BCUT2D eigenvalue weighted by Gasteiger charge is 2.10. The van der Waals surface area contributed by atoms with Crippen LogP contribution >= 0.6 is 11.6 Å². The second-order valence-corrected chi connectivity index (χ2v) is 4.73. The third kappa shape index (κ3) is 4.55. The first-order valence-corrected chi connectivity index (χ1v) is 6.15. The average molecular weight is 272 g/mol. The summed E-state index contributed by atoms with van der Waals surface area (Å²) in [5.41, 5.74) is 6.18. The summed E-state index contributed by atoms with van der Waals surface area (Å²) in [6.45, 7) is 5.58. The number of ether oxygens (including phenoxy) is 2. The van der Waals surface area contributed by atoms with Gasteiger partial charge in [-0.05, 0) is 38.5 Å². The molecule has 18 heavy (non-hydrogen) atoms. The van der Waals surface area contributed by atoms with Gasteiger partial charge >= 0.3 is 5.97 Å². The lowest BCUT2D eigenvalue weighted by Crippen LogP contribution is -2.28. The average Bonchev–Trinajstić information content (AvgIpc) is 2.28. The first-order chi connectivity index (χ1) is 8.40. The van der Waals surface area contributed by atoms with Gasteiger partial charge in [0.05, 0.1) is 11.1 Å². The summed E-state index contributed by atoms with van der Waals surface area (Å²) in [6, 6.07) is 4.66. The van der Waals surface area contributed by atoms with E-state index in [4.69, 9.17) is 26.8 Å². The molecule has 0 spiro atoms. The molecule has 1 unspecified atom stereocenters. The molecule has 0 aliphatic rings. The van der Waals surface area contributed by atoms with E-state index < -0.39 is 12.0 Å². The summed E-state index contributed by atoms with van der Waals surface area (Å²) in [4.78, 5) is 11.2. The van der Waals surface area contributed by atoms with Crippen molar-refractivity contribution in [1.29, 1.82) is 0 Å². The maximum atomic E-state index is 11.2. The second kappa shape index (κ2) is 6.61. The Bertz CT molecular complexity index is 419. The van der Waals surface area contributed by atoms with E-state index in [1.165, 1.54) is 0 Å². The van der Waals surface area contributed by atoms with Gasteiger partial charge in [0.25, 0.3) is 0 Å². The molecule has 0 aliphatic carbocycles. The Morgan fingerprint density at radius 2 is 2.06 bits per heavy atom. The zero-order valence-electron chi connectivity index (χ0n) is 10.8. The van der Waals surface area contributed by atoms with Gasteiger partial charge in [0.1, 0.15) is 18.4 Å². The van der Waals surface area contributed by atoms with Crippen LogP contribution in [0.15, 0.2) is 18.2 Å². The maximum Gasteiger partial charge on any atom is 0.322 e. The van der Waals surface area contributed by atoms with Crippen LogP contribution in [0, 0.1) is 0 Å². The Kier molecular flexibility index (Phi) is 5.44. The van der Waals surface area contributed by atoms with Crippen LogP contribution in [0.25, 0.3) is 0 Å². The molecule has 0 saturated heterocycles. The lowest BCUT2D eigenvalue weighted by Gasteiger charge is -2.12. The van der Waals surface area contributed by atoms with E-state index in [2.05, 4.69) is 0 Å². The van der Waals surface area contributed by atoms with Crippen LogP contribution in [0.2, 0.25) is 5.02 Å². The molecule has 0 bridgehead atoms. The van der Waals surface area contributed by atoms with Gasteiger partial charge in [0.15, 0.2) is 0 Å². The molecule has 1 rings (SSSR count). The number of carbonyl (C=O) groups excluding carboxylic acids is 1. The molecule has 1 atom stereocenters. The Labute approximate surface area is 112 Å². The predicted molar refractivity (Wildman–Crippen MR) is 70.7 cm³/mol. The second-order valence-electron chi connectivity index (χ2n) is 4.33. The van der Waals surface area contributed by atoms with E-state index in [1.807, 2.05) is 13.8 Å². The number of halogens is 1. The minimum absolute atomic E-state index is 0.0595. The van der Waals surface area contributed by atoms with Crippen LogP contribution in [0.4, 0.5) is 0 Å². The predicted octanol–water partition coefficient (Wildman–Crippen LogP) is 2.52. The van der Waals surface area contributed by atoms with E-state index in [9.17, 15) is 4.79 Å². The molecule has 100 valence electrons. The molecule has 2 N–H and O–H groups in total. The number of rotatable bonds is 5. The highest BCUT2D eigenvalue weighted by atomic mass is 35.5. The highest BCUT2D eigenvalue weighted by Crippen LogP contribution is 2.26. The summed E-state index contributed by atoms with van der Waals surface area (Å²) < 4.78 is 10.5. The molecule has 0 saturated carbocycles. The lowest BCUT2D eigenvalue weighted by molar-refractivity contribution is -0.146. The van der Waals surface area contributed by atoms with Crippen molar-refractivity contribution < 1.29 is 14.3 Å². The normalized spacial score (nSPS) is 12.3. The van der Waals surface area contributed by atoms with Gasteiger partial charge in [0.2, 0.25) is 0 Å². The Morgan fingerprint density at radius 1 is 1.39 bits per heavy atom. The third-order valence-corrected chi connectivity index (χ3v) is 2.41. The molecule has 0 aliphatic heterocycles. The van der Waals surface area contributed by atoms with E-state index >= 15 is 0 Å². The molecule has 0 aromatic heterocycles. The van der Waals surface area contributed by atoms with Gasteiger partial charge in [-0.2, -0.15) is 0 Å². The number of carbonyl (C=O) groups is 1. The minimum atomic E-state index is -0.621. The molecule has 1 aromatic carbocycles. The molecule has 0 fully saturated rings. The van der Waals surface area contributed by atoms with E-state index in [-0.39, 0.29) is 12.7 Å². The van der Waals surface area contributed by atoms with Gasteiger partial charge in [-0.1, -0.05) is 17.7 Å². The van der Waals surface area contributed by atoms with E-state index in [0.717, 1.165) is 5.56 Å². The summed E-state index contributed by atoms with van der Waals surface area (Å²) in [5.74, 6) is 0.183. The van der Waals surface area contributed by atoms with Gasteiger partial charge in [-0.25, -0.2) is 0 Å². The molecular weight excluding hydrogens is 254 g/mol. The fourth-order valence-corrected chi connectivity index (χ4v) is 1.52. The zero-order chi connectivity index (χ0) is 13.7. The topological polar surface area (TPSA) is 61.5 Å². The van der Waals surface area contributed by atoms with Crippen molar-refractivity contribution in [1.82, 2.24) is 0 Å². The van der Waals surface area contributed by atoms with Crippen LogP contribution < -0.4 is 10.5 Å². The summed E-state index contributed by atoms with van der Waals surface area (Å²) in [7, 11) is 0. The van der Waals surface area contributed by atoms with Crippen LogP contribution in [-0.2, 0) is 16.1 Å². The van der Waals surface area contributed by atoms with Crippen LogP contribution in [0.5, 0.6) is 5.75 Å². The number of nitrogens with two attached hydrogens (primary N) is 1. The van der Waals surface area contributed by atoms with Gasteiger partial charge in [-0.3, -0.25) is 4.79 Å². The third-order valence-electron chi connectivity index (χ3n) is 2.11. The number of esters is 1. The van der Waals surface area contributed by atoms with Crippen molar-refractivity contribution in [2.75, 3.05) is 0 Å². The van der Waals surface area contributed by atoms with Crippen LogP contribution in [0.3, 0.4) is 0 Å². The van der Waals surface area contributed by atoms with Crippen molar-refractivity contribution in [3.8, 4) is 5.75 Å². The van der Waals surface area contributed by atoms with Crippen molar-refractivity contribution in [2.24, 2.45) is 5.73 Å². The Hall–Kier alpha value is -1.26. The molecule has 4 nitrogen and oxygen atoms in total. The standard InChI is InChI=1S/C13H18ClNO3/c1-8(2)18-12-5-4-10(6-11(12)14)7-17-13(16)9(3)15/h4-6,8-9H,7,15H2,1-3H3. The Balaban J connectivity index is 2.64. The van der Waals surface area contributed by atoms with Gasteiger partial charge in [0, 0.05) is 0 Å². The summed E-state index contributed by atoms with van der Waals surface area (Å²) in [6.07, 6.45) is 0.0595. The van der Waals surface area contributed by atoms with E-state index in [1.54, 1.807) is 25.1 Å². The quantitative estimate of drug-likeness (QED) is 0.836. The fourth-order valence-electron chi connectivity index (χ4n) is 1.27. The SMILES string of the molecule is CC(C)Oc1ccc(COC(=O)C(C)N)cc1Cl. The minimum Gasteiger partial charge on any atom is -0.489 e. The molecular formula is C13H18ClNO3. The summed E-state index contributed by atoms with van der Waals surface area (Å²) >= 11 is 6.06. The van der Waals surface area contributed by atoms with E-state index in [0.29, 0.717) is 10.8 Å².